The van der Waals surface area contributed by atoms with Crippen LogP contribution in [0.3, 0.4) is 0 Å². The average Bonchev–Trinajstić information content (AvgIpc) is 3.70. The number of nitrogens with zero attached hydrogens (tertiary/aromatic N) is 5. The summed E-state index contributed by atoms with van der Waals surface area (Å²) in [5.74, 6) is 0. The topological polar surface area (TPSA) is 81.2 Å². The molecule has 0 aliphatic carbocycles. The molecule has 230 valence electrons. The van der Waals surface area contributed by atoms with E-state index in [0.717, 1.165) is 77.2 Å². The Balaban J connectivity index is 1.31. The summed E-state index contributed by atoms with van der Waals surface area (Å²) >= 11 is 0. The summed E-state index contributed by atoms with van der Waals surface area (Å²) in [5.41, 5.74) is 11.4. The Labute approximate surface area is 287 Å². The van der Waals surface area contributed by atoms with Gasteiger partial charge in [0.05, 0.1) is 62.7 Å². The standard InChI is InChI=1S/C45H25N5/c46-26-29-16-19-34(32-8-7-9-33(25-32)49-41-13-4-3-12-37(41)39-23-30(27-47)17-20-44(39)49)38(22-29)40-24-31(28-48)18-21-45(40)50-42-14-5-1-10-35(42)36-11-2-6-15-43(36)50/h1-25H. The zero-order valence-corrected chi connectivity index (χ0v) is 26.7. The number of benzene rings is 7. The van der Waals surface area contributed by atoms with Crippen molar-refractivity contribution in [2.45, 2.75) is 0 Å². The highest BCUT2D eigenvalue weighted by molar-refractivity contribution is 6.11. The fourth-order valence-electron chi connectivity index (χ4n) is 7.42. The molecule has 50 heavy (non-hydrogen) atoms. The Hall–Kier alpha value is -7.39. The minimum atomic E-state index is 0.533. The summed E-state index contributed by atoms with van der Waals surface area (Å²) < 4.78 is 4.49. The van der Waals surface area contributed by atoms with Crippen molar-refractivity contribution in [3.63, 3.8) is 0 Å². The molecule has 0 unspecified atom stereocenters. The van der Waals surface area contributed by atoms with Crippen LogP contribution in [0.15, 0.2) is 152 Å². The number of aromatic nitrogens is 2. The van der Waals surface area contributed by atoms with Crippen molar-refractivity contribution in [3.8, 4) is 51.8 Å². The lowest BCUT2D eigenvalue weighted by molar-refractivity contribution is 1.18. The van der Waals surface area contributed by atoms with Crippen molar-refractivity contribution >= 4 is 43.6 Å². The Morgan fingerprint density at radius 1 is 0.360 bits per heavy atom. The molecule has 0 radical (unpaired) electrons. The van der Waals surface area contributed by atoms with Crippen molar-refractivity contribution in [3.05, 3.63) is 168 Å². The highest BCUT2D eigenvalue weighted by atomic mass is 15.0. The van der Waals surface area contributed by atoms with Crippen LogP contribution in [0.1, 0.15) is 16.7 Å². The molecular formula is C45H25N5. The molecule has 0 N–H and O–H groups in total. The molecule has 0 amide bonds. The first kappa shape index (κ1) is 28.8. The lowest BCUT2D eigenvalue weighted by Gasteiger charge is -2.18. The first-order valence-electron chi connectivity index (χ1n) is 16.3. The minimum Gasteiger partial charge on any atom is -0.309 e. The summed E-state index contributed by atoms with van der Waals surface area (Å²) in [6, 6.07) is 57.8. The van der Waals surface area contributed by atoms with E-state index in [4.69, 9.17) is 0 Å². The van der Waals surface area contributed by atoms with Crippen molar-refractivity contribution < 1.29 is 0 Å². The maximum atomic E-state index is 10.1. The second kappa shape index (κ2) is 11.4. The molecule has 0 saturated heterocycles. The van der Waals surface area contributed by atoms with Gasteiger partial charge >= 0.3 is 0 Å². The Bertz CT molecular complexity index is 2920. The fraction of sp³-hybridized carbons (Fsp3) is 0. The van der Waals surface area contributed by atoms with Gasteiger partial charge in [-0.3, -0.25) is 0 Å². The minimum absolute atomic E-state index is 0.533. The van der Waals surface area contributed by atoms with Crippen molar-refractivity contribution in [2.24, 2.45) is 0 Å². The third-order valence-corrected chi connectivity index (χ3v) is 9.60. The number of para-hydroxylation sites is 3. The van der Waals surface area contributed by atoms with Crippen LogP contribution in [0.25, 0.3) is 77.2 Å². The van der Waals surface area contributed by atoms with E-state index in [9.17, 15) is 15.8 Å². The van der Waals surface area contributed by atoms with Crippen LogP contribution in [-0.4, -0.2) is 9.13 Å². The average molecular weight is 636 g/mol. The summed E-state index contributed by atoms with van der Waals surface area (Å²) in [4.78, 5) is 0. The summed E-state index contributed by atoms with van der Waals surface area (Å²) in [6.45, 7) is 0. The molecule has 5 heteroatoms. The van der Waals surface area contributed by atoms with E-state index in [1.165, 1.54) is 0 Å². The van der Waals surface area contributed by atoms with Gasteiger partial charge in [0.25, 0.3) is 0 Å². The Morgan fingerprint density at radius 2 is 0.880 bits per heavy atom. The molecule has 0 spiro atoms. The molecule has 0 aliphatic heterocycles. The second-order valence-electron chi connectivity index (χ2n) is 12.3. The van der Waals surface area contributed by atoms with E-state index in [1.807, 2.05) is 78.9 Å². The molecule has 0 bridgehead atoms. The molecule has 5 nitrogen and oxygen atoms in total. The zero-order chi connectivity index (χ0) is 33.8. The molecule has 9 aromatic rings. The van der Waals surface area contributed by atoms with Gasteiger partial charge in [-0.25, -0.2) is 0 Å². The maximum Gasteiger partial charge on any atom is 0.0991 e. The van der Waals surface area contributed by atoms with E-state index in [-0.39, 0.29) is 0 Å². The third-order valence-electron chi connectivity index (χ3n) is 9.60. The second-order valence-corrected chi connectivity index (χ2v) is 12.3. The number of rotatable bonds is 4. The van der Waals surface area contributed by atoms with Gasteiger partial charge in [-0.1, -0.05) is 72.8 Å². The molecule has 0 fully saturated rings. The third kappa shape index (κ3) is 4.38. The van der Waals surface area contributed by atoms with Crippen LogP contribution >= 0.6 is 0 Å². The van der Waals surface area contributed by atoms with Crippen LogP contribution < -0.4 is 0 Å². The fourth-order valence-corrected chi connectivity index (χ4v) is 7.42. The monoisotopic (exact) mass is 635 g/mol. The Morgan fingerprint density at radius 3 is 1.54 bits per heavy atom. The summed E-state index contributed by atoms with van der Waals surface area (Å²) in [7, 11) is 0. The molecule has 0 atom stereocenters. The molecule has 9 rings (SSSR count). The number of hydrogen-bond acceptors (Lipinski definition) is 3. The largest absolute Gasteiger partial charge is 0.309 e. The van der Waals surface area contributed by atoms with E-state index in [1.54, 1.807) is 0 Å². The van der Waals surface area contributed by atoms with E-state index in [2.05, 4.69) is 100 Å². The lowest BCUT2D eigenvalue weighted by Crippen LogP contribution is -2.00. The summed E-state index contributed by atoms with van der Waals surface area (Å²) in [6.07, 6.45) is 0. The van der Waals surface area contributed by atoms with Gasteiger partial charge in [0, 0.05) is 32.8 Å². The quantitative estimate of drug-likeness (QED) is 0.193. The highest BCUT2D eigenvalue weighted by Crippen LogP contribution is 2.41. The smallest absolute Gasteiger partial charge is 0.0991 e. The van der Waals surface area contributed by atoms with Gasteiger partial charge in [0.1, 0.15) is 0 Å². The van der Waals surface area contributed by atoms with E-state index in [0.29, 0.717) is 16.7 Å². The number of hydrogen-bond donors (Lipinski definition) is 0. The molecular weight excluding hydrogens is 611 g/mol. The van der Waals surface area contributed by atoms with Gasteiger partial charge in [-0.05, 0) is 95.6 Å². The van der Waals surface area contributed by atoms with Gasteiger partial charge < -0.3 is 9.13 Å². The number of fused-ring (bicyclic) bond motifs is 6. The van der Waals surface area contributed by atoms with Crippen molar-refractivity contribution in [2.75, 3.05) is 0 Å². The zero-order valence-electron chi connectivity index (χ0n) is 26.7. The first-order chi connectivity index (χ1) is 24.7. The predicted molar refractivity (Wildman–Crippen MR) is 200 cm³/mol. The first-order valence-corrected chi connectivity index (χ1v) is 16.3. The van der Waals surface area contributed by atoms with Crippen LogP contribution in [0.4, 0.5) is 0 Å². The van der Waals surface area contributed by atoms with Crippen LogP contribution in [0.5, 0.6) is 0 Å². The SMILES string of the molecule is N#Cc1ccc(-c2cccc(-n3c4ccccc4c4cc(C#N)ccc43)c2)c(-c2cc(C#N)ccc2-n2c3ccccc3c3ccccc32)c1. The Kier molecular flexibility index (Phi) is 6.56. The predicted octanol–water partition coefficient (Wildman–Crippen LogP) is 10.8. The highest BCUT2D eigenvalue weighted by Gasteiger charge is 2.20. The van der Waals surface area contributed by atoms with Gasteiger partial charge in [-0.2, -0.15) is 15.8 Å². The lowest BCUT2D eigenvalue weighted by atomic mass is 9.91. The normalized spacial score (nSPS) is 11.1. The van der Waals surface area contributed by atoms with Gasteiger partial charge in [0.15, 0.2) is 0 Å². The van der Waals surface area contributed by atoms with Crippen LogP contribution in [0.2, 0.25) is 0 Å². The van der Waals surface area contributed by atoms with Crippen LogP contribution in [-0.2, 0) is 0 Å². The number of nitriles is 3. The molecule has 7 aromatic carbocycles. The maximum absolute atomic E-state index is 10.1. The van der Waals surface area contributed by atoms with Gasteiger partial charge in [-0.15, -0.1) is 0 Å². The van der Waals surface area contributed by atoms with Crippen molar-refractivity contribution in [1.29, 1.82) is 15.8 Å². The summed E-state index contributed by atoms with van der Waals surface area (Å²) in [5, 5.41) is 34.2. The molecule has 0 saturated carbocycles. The van der Waals surface area contributed by atoms with Gasteiger partial charge in [0.2, 0.25) is 0 Å². The molecule has 0 aliphatic rings. The van der Waals surface area contributed by atoms with Crippen LogP contribution in [0, 0.1) is 34.0 Å². The molecule has 2 heterocycles. The molecule has 2 aromatic heterocycles. The van der Waals surface area contributed by atoms with Crippen molar-refractivity contribution in [1.82, 2.24) is 9.13 Å². The van der Waals surface area contributed by atoms with E-state index >= 15 is 0 Å². The van der Waals surface area contributed by atoms with E-state index < -0.39 is 0 Å².